The third-order valence-corrected chi connectivity index (χ3v) is 7.23. The monoisotopic (exact) mass is 530 g/mol. The van der Waals surface area contributed by atoms with Crippen molar-refractivity contribution in [2.45, 2.75) is 82.5 Å². The van der Waals surface area contributed by atoms with Gasteiger partial charge in [-0.2, -0.15) is 0 Å². The Balaban J connectivity index is 0.00000180. The second-order valence-electron chi connectivity index (χ2n) is 6.99. The Kier molecular flexibility index (Phi) is 10.9. The van der Waals surface area contributed by atoms with Crippen molar-refractivity contribution >= 4 is 18.6 Å². The summed E-state index contributed by atoms with van der Waals surface area (Å²) in [7, 11) is 0. The maximum absolute atomic E-state index is 2.37. The molecule has 0 saturated heterocycles. The van der Waals surface area contributed by atoms with Gasteiger partial charge in [0.15, 0.2) is 0 Å². The van der Waals surface area contributed by atoms with E-state index in [1.54, 1.807) is 51.4 Å². The molecule has 0 N–H and O–H groups in total. The second-order valence-corrected chi connectivity index (χ2v) is 7.98. The first-order valence-corrected chi connectivity index (χ1v) is 10.2. The molecule has 0 aromatic carbocycles. The van der Waals surface area contributed by atoms with Gasteiger partial charge in [0.2, 0.25) is 0 Å². The van der Waals surface area contributed by atoms with E-state index in [0.717, 1.165) is 23.7 Å². The molecule has 19 heavy (non-hydrogen) atoms. The van der Waals surface area contributed by atoms with Crippen LogP contribution in [0.1, 0.15) is 77.6 Å². The summed E-state index contributed by atoms with van der Waals surface area (Å²) in [4.78, 5) is 1.49. The Morgan fingerprint density at radius 2 is 1.05 bits per heavy atom. The van der Waals surface area contributed by atoms with Gasteiger partial charge in [-0.15, -0.1) is 0 Å². The molecule has 0 spiro atoms. The predicted molar refractivity (Wildman–Crippen MR) is 81.0 cm³/mol. The van der Waals surface area contributed by atoms with E-state index >= 15 is 0 Å². The van der Waals surface area contributed by atoms with Crippen LogP contribution in [0, 0.1) is 68.7 Å². The zero-order valence-corrected chi connectivity index (χ0v) is 21.3. The van der Waals surface area contributed by atoms with E-state index in [0.29, 0.717) is 0 Å². The fraction of sp³-hybridized carbons (Fsp3) is 1.00. The first kappa shape index (κ1) is 19.2. The SMILES string of the molecule is CCC1CCC(CCC2CCC([CH2][Ga])CC2)CC1.[Ra]. The fourth-order valence-electron chi connectivity index (χ4n) is 4.16. The van der Waals surface area contributed by atoms with Crippen molar-refractivity contribution in [2.24, 2.45) is 23.7 Å². The van der Waals surface area contributed by atoms with Crippen molar-refractivity contribution in [1.29, 1.82) is 0 Å². The molecule has 104 valence electrons. The summed E-state index contributed by atoms with van der Waals surface area (Å²) in [6, 6.07) is 0. The van der Waals surface area contributed by atoms with Gasteiger partial charge < -0.3 is 0 Å². The molecule has 0 amide bonds. The third-order valence-electron chi connectivity index (χ3n) is 5.83. The van der Waals surface area contributed by atoms with E-state index in [2.05, 4.69) is 6.92 Å². The van der Waals surface area contributed by atoms with Crippen molar-refractivity contribution in [3.05, 3.63) is 0 Å². The van der Waals surface area contributed by atoms with Crippen LogP contribution in [-0.2, 0) is 0 Å². The van der Waals surface area contributed by atoms with Crippen molar-refractivity contribution in [3.63, 3.8) is 0 Å². The minimum absolute atomic E-state index is 0. The van der Waals surface area contributed by atoms with Gasteiger partial charge >= 0.3 is 118 Å². The number of rotatable bonds is 5. The molecule has 4 radical (unpaired) electrons. The molecule has 0 aromatic rings. The zero-order chi connectivity index (χ0) is 12.8. The molecule has 2 fully saturated rings. The first-order chi connectivity index (χ1) is 8.81. The average molecular weight is 531 g/mol. The maximum atomic E-state index is 2.37. The molecule has 0 unspecified atom stereocenters. The van der Waals surface area contributed by atoms with Crippen LogP contribution in [0.5, 0.6) is 0 Å². The summed E-state index contributed by atoms with van der Waals surface area (Å²) in [5, 5.41) is 0. The maximum Gasteiger partial charge on any atom is 0 e. The van der Waals surface area contributed by atoms with Gasteiger partial charge in [0, 0.05) is 45.0 Å². The molecule has 0 aromatic heterocycles. The average Bonchev–Trinajstić information content (AvgIpc) is 2.46. The Hall–Kier alpha value is 2.10. The molecule has 0 aliphatic heterocycles. The molecule has 2 aliphatic carbocycles. The molecule has 2 rings (SSSR count). The van der Waals surface area contributed by atoms with E-state index in [1.807, 2.05) is 18.6 Å². The number of hydrogen-bond donors (Lipinski definition) is 0. The number of hydrogen-bond acceptors (Lipinski definition) is 0. The quantitative estimate of drug-likeness (QED) is 0.419. The molecule has 0 nitrogen and oxygen atoms in total. The Morgan fingerprint density at radius 3 is 1.42 bits per heavy atom. The summed E-state index contributed by atoms with van der Waals surface area (Å²) in [6.07, 6.45) is 16.9. The Labute approximate surface area is 168 Å². The third kappa shape index (κ3) is 6.81. The van der Waals surface area contributed by atoms with Crippen LogP contribution in [0.4, 0.5) is 0 Å². The smallest absolute Gasteiger partial charge is 0 e. The van der Waals surface area contributed by atoms with Gasteiger partial charge in [0.05, 0.1) is 0 Å². The summed E-state index contributed by atoms with van der Waals surface area (Å²) >= 11 is 1.95. The van der Waals surface area contributed by atoms with Crippen LogP contribution in [0.15, 0.2) is 0 Å². The summed E-state index contributed by atoms with van der Waals surface area (Å²) in [5.41, 5.74) is 0. The molecule has 0 heterocycles. The minimum Gasteiger partial charge on any atom is 0 e. The van der Waals surface area contributed by atoms with Gasteiger partial charge in [-0.3, -0.25) is 0 Å². The van der Waals surface area contributed by atoms with E-state index in [1.165, 1.54) is 24.2 Å². The van der Waals surface area contributed by atoms with E-state index in [9.17, 15) is 0 Å². The van der Waals surface area contributed by atoms with Crippen molar-refractivity contribution in [2.75, 3.05) is 0 Å². The van der Waals surface area contributed by atoms with E-state index < -0.39 is 0 Å². The minimum atomic E-state index is 0. The summed E-state index contributed by atoms with van der Waals surface area (Å²) < 4.78 is 0. The second kappa shape index (κ2) is 10.8. The Bertz CT molecular complexity index is 191. The normalized spacial score (nSPS) is 35.6. The van der Waals surface area contributed by atoms with Crippen LogP contribution < -0.4 is 0 Å². The Morgan fingerprint density at radius 1 is 0.684 bits per heavy atom. The van der Waals surface area contributed by atoms with Gasteiger partial charge in [-0.05, 0) is 0 Å². The summed E-state index contributed by atoms with van der Waals surface area (Å²) in [6.45, 7) is 2.37. The van der Waals surface area contributed by atoms with Crippen molar-refractivity contribution in [3.8, 4) is 0 Å². The predicted octanol–water partition coefficient (Wildman–Crippen LogP) is 5.38. The molecule has 2 saturated carbocycles. The first-order valence-electron chi connectivity index (χ1n) is 8.51. The fourth-order valence-corrected chi connectivity index (χ4v) is 5.14. The standard InChI is InChI=1S/C17H31.Ga.Ra/c1-3-15-8-10-17(11-9-15)13-12-16-6-4-14(2)5-7-16;;/h14-17H,2-13H2,1H3;;. The van der Waals surface area contributed by atoms with Crippen LogP contribution in [0.2, 0.25) is 4.98 Å². The van der Waals surface area contributed by atoms with Crippen molar-refractivity contribution < 1.29 is 45.0 Å². The van der Waals surface area contributed by atoms with Gasteiger partial charge in [-0.25, -0.2) is 0 Å². The van der Waals surface area contributed by atoms with Gasteiger partial charge in [0.1, 0.15) is 0 Å². The van der Waals surface area contributed by atoms with Crippen LogP contribution in [0.3, 0.4) is 0 Å². The van der Waals surface area contributed by atoms with E-state index in [-0.39, 0.29) is 45.0 Å². The molecule has 0 bridgehead atoms. The topological polar surface area (TPSA) is 0 Å². The molecular formula is C17H31GaRa. The zero-order valence-electron chi connectivity index (χ0n) is 13.1. The largest absolute Gasteiger partial charge is 0 e. The molecular weight excluding hydrogens is 500 g/mol. The molecule has 2 aliphatic rings. The summed E-state index contributed by atoms with van der Waals surface area (Å²) in [5.74, 6) is 4.37. The van der Waals surface area contributed by atoms with Crippen LogP contribution in [-0.4, -0.2) is 18.6 Å². The van der Waals surface area contributed by atoms with Crippen LogP contribution in [0.25, 0.3) is 0 Å². The molecule has 0 atom stereocenters. The van der Waals surface area contributed by atoms with Gasteiger partial charge in [0.25, 0.3) is 0 Å². The van der Waals surface area contributed by atoms with E-state index in [4.69, 9.17) is 0 Å². The van der Waals surface area contributed by atoms with Crippen molar-refractivity contribution in [1.82, 2.24) is 0 Å². The van der Waals surface area contributed by atoms with Crippen LogP contribution >= 0.6 is 0 Å². The van der Waals surface area contributed by atoms with Gasteiger partial charge in [-0.1, -0.05) is 6.92 Å². The molecule has 2 heteroatoms.